The van der Waals surface area contributed by atoms with Crippen LogP contribution in [0.15, 0.2) is 11.6 Å². The van der Waals surface area contributed by atoms with Gasteiger partial charge in [0, 0.05) is 37.0 Å². The zero-order valence-electron chi connectivity index (χ0n) is 26.5. The van der Waals surface area contributed by atoms with Crippen molar-refractivity contribution >= 4 is 17.7 Å². The Balaban J connectivity index is 1.36. The van der Waals surface area contributed by atoms with Gasteiger partial charge < -0.3 is 18.9 Å². The average molecular weight is 571 g/mol. The van der Waals surface area contributed by atoms with Crippen LogP contribution < -0.4 is 0 Å². The topological polar surface area (TPSA) is 91.4 Å². The van der Waals surface area contributed by atoms with Gasteiger partial charge in [-0.2, -0.15) is 0 Å². The molecule has 0 spiro atoms. The number of carbonyl (C=O) groups is 3. The summed E-state index contributed by atoms with van der Waals surface area (Å²) in [7, 11) is 0. The molecule has 6 rings (SSSR count). The number of esters is 2. The van der Waals surface area contributed by atoms with Crippen molar-refractivity contribution in [2.75, 3.05) is 0 Å². The quantitative estimate of drug-likeness (QED) is 0.227. The summed E-state index contributed by atoms with van der Waals surface area (Å²) in [5.41, 5.74) is 0.280. The number of Topliss-reactive ketones (excluding diaryl/α,β-unsaturated/α-hetero) is 1. The van der Waals surface area contributed by atoms with Crippen LogP contribution in [-0.2, 0) is 33.3 Å². The molecule has 2 aliphatic heterocycles. The Hall–Kier alpha value is -1.73. The molecule has 7 nitrogen and oxygen atoms in total. The number of epoxide rings is 1. The molecule has 7 heteroatoms. The van der Waals surface area contributed by atoms with Gasteiger partial charge in [-0.3, -0.25) is 14.4 Å². The number of allylic oxidation sites excluding steroid dienone is 1. The highest BCUT2D eigenvalue weighted by Crippen LogP contribution is 2.73. The summed E-state index contributed by atoms with van der Waals surface area (Å²) in [6, 6.07) is 0. The molecule has 0 aromatic carbocycles. The van der Waals surface area contributed by atoms with Gasteiger partial charge in [0.05, 0.1) is 11.7 Å². The van der Waals surface area contributed by atoms with Crippen molar-refractivity contribution in [2.45, 2.75) is 137 Å². The minimum atomic E-state index is -0.583. The number of ether oxygens (including phenoxy) is 4. The third-order valence-corrected chi connectivity index (χ3v) is 13.1. The number of ketones is 1. The number of carbonyl (C=O) groups excluding carboxylic acids is 3. The van der Waals surface area contributed by atoms with Crippen molar-refractivity contribution in [3.8, 4) is 0 Å². The first kappa shape index (κ1) is 29.3. The Morgan fingerprint density at radius 3 is 2.20 bits per heavy atom. The Morgan fingerprint density at radius 2 is 1.59 bits per heavy atom. The van der Waals surface area contributed by atoms with E-state index in [0.29, 0.717) is 24.5 Å². The van der Waals surface area contributed by atoms with E-state index in [9.17, 15) is 14.4 Å². The predicted molar refractivity (Wildman–Crippen MR) is 152 cm³/mol. The van der Waals surface area contributed by atoms with E-state index in [4.69, 9.17) is 18.9 Å². The van der Waals surface area contributed by atoms with Crippen LogP contribution in [0.2, 0.25) is 0 Å². The van der Waals surface area contributed by atoms with Gasteiger partial charge in [-0.05, 0) is 81.0 Å². The summed E-state index contributed by atoms with van der Waals surface area (Å²) in [6.45, 7) is 18.5. The summed E-state index contributed by atoms with van der Waals surface area (Å²) in [5.74, 6) is 0.545. The zero-order chi connectivity index (χ0) is 29.9. The van der Waals surface area contributed by atoms with Crippen molar-refractivity contribution in [1.29, 1.82) is 0 Å². The third kappa shape index (κ3) is 4.14. The van der Waals surface area contributed by atoms with E-state index in [1.165, 1.54) is 19.4 Å². The van der Waals surface area contributed by atoms with Gasteiger partial charge in [-0.25, -0.2) is 0 Å². The van der Waals surface area contributed by atoms with Gasteiger partial charge in [0.2, 0.25) is 6.29 Å². The number of hydrogen-bond donors (Lipinski definition) is 0. The van der Waals surface area contributed by atoms with Crippen molar-refractivity contribution in [3.63, 3.8) is 0 Å². The largest absolute Gasteiger partial charge is 0.462 e. The van der Waals surface area contributed by atoms with Crippen LogP contribution in [0.25, 0.3) is 0 Å². The first-order valence-corrected chi connectivity index (χ1v) is 15.9. The molecule has 228 valence electrons. The molecule has 4 aliphatic carbocycles. The third-order valence-electron chi connectivity index (χ3n) is 13.1. The molecule has 11 atom stereocenters. The second kappa shape index (κ2) is 9.14. The molecule has 0 aromatic rings. The van der Waals surface area contributed by atoms with Crippen LogP contribution in [-0.4, -0.2) is 47.9 Å². The molecular formula is C34H50O7. The Labute approximate surface area is 245 Å². The fourth-order valence-corrected chi connectivity index (χ4v) is 11.1. The fraction of sp³-hybridized carbons (Fsp3) is 0.853. The molecule has 2 heterocycles. The lowest BCUT2D eigenvalue weighted by Gasteiger charge is -2.67. The van der Waals surface area contributed by atoms with Crippen LogP contribution >= 0.6 is 0 Å². The molecule has 0 bridgehead atoms. The van der Waals surface area contributed by atoms with E-state index in [2.05, 4.69) is 54.5 Å². The van der Waals surface area contributed by atoms with Crippen LogP contribution in [0.1, 0.15) is 107 Å². The highest BCUT2D eigenvalue weighted by atomic mass is 16.7. The molecule has 2 saturated heterocycles. The van der Waals surface area contributed by atoms with Crippen LogP contribution in [0.5, 0.6) is 0 Å². The van der Waals surface area contributed by atoms with Crippen molar-refractivity contribution in [3.05, 3.63) is 11.6 Å². The highest BCUT2D eigenvalue weighted by Gasteiger charge is 2.70. The van der Waals surface area contributed by atoms with E-state index in [0.717, 1.165) is 32.1 Å². The minimum Gasteiger partial charge on any atom is -0.462 e. The molecular weight excluding hydrogens is 520 g/mol. The fourth-order valence-electron chi connectivity index (χ4n) is 11.1. The van der Waals surface area contributed by atoms with E-state index >= 15 is 0 Å². The standard InChI is InChI=1S/C34H50O7/c1-18(35)38-27-17-25-30(3,4)26(37)13-15-33(25,8)24-12-14-32(7)21(10-11-23(32)34(24,27)9)20-16-22(28-31(5,6)41-28)40-29(20)39-19(2)36/h11,20-22,24-25,27-29H,10,12-17H2,1-9H3/t20-,21-,22+,24+,25-,27+,28-,29-,32-,33+,34-/m0/s1. The van der Waals surface area contributed by atoms with Gasteiger partial charge >= 0.3 is 11.9 Å². The summed E-state index contributed by atoms with van der Waals surface area (Å²) in [5, 5.41) is 0. The zero-order valence-corrected chi connectivity index (χ0v) is 26.5. The maximum Gasteiger partial charge on any atom is 0.304 e. The monoisotopic (exact) mass is 570 g/mol. The smallest absolute Gasteiger partial charge is 0.304 e. The molecule has 6 aliphatic rings. The molecule has 5 fully saturated rings. The molecule has 0 unspecified atom stereocenters. The summed E-state index contributed by atoms with van der Waals surface area (Å²) >= 11 is 0. The average Bonchev–Trinajstić information content (AvgIpc) is 3.15. The van der Waals surface area contributed by atoms with Gasteiger partial charge in [0.1, 0.15) is 18.0 Å². The lowest BCUT2D eigenvalue weighted by atomic mass is 9.37. The number of hydrogen-bond acceptors (Lipinski definition) is 7. The molecule has 3 saturated carbocycles. The van der Waals surface area contributed by atoms with Gasteiger partial charge in [0.25, 0.3) is 0 Å². The van der Waals surface area contributed by atoms with Crippen LogP contribution in [0.4, 0.5) is 0 Å². The van der Waals surface area contributed by atoms with Gasteiger partial charge in [-0.1, -0.05) is 46.3 Å². The molecule has 0 aromatic heterocycles. The van der Waals surface area contributed by atoms with Gasteiger partial charge in [0.15, 0.2) is 0 Å². The first-order valence-electron chi connectivity index (χ1n) is 15.9. The summed E-state index contributed by atoms with van der Waals surface area (Å²) in [6.07, 6.45) is 7.44. The van der Waals surface area contributed by atoms with Gasteiger partial charge in [-0.15, -0.1) is 0 Å². The lowest BCUT2D eigenvalue weighted by Crippen LogP contribution is -2.65. The normalized spacial score (nSPS) is 49.3. The maximum absolute atomic E-state index is 13.2. The van der Waals surface area contributed by atoms with E-state index in [-0.39, 0.29) is 69.9 Å². The second-order valence-electron chi connectivity index (χ2n) is 16.0. The van der Waals surface area contributed by atoms with Crippen LogP contribution in [0, 0.1) is 45.3 Å². The molecule has 41 heavy (non-hydrogen) atoms. The SMILES string of the molecule is CC(=O)O[C@H]1O[C@@H]([C@@H]2OC2(C)C)C[C@H]1[C@@H]1CC=C2[C@@]3(C)[C@H](CC[C@]21C)[C@@]1(C)CCC(=O)C(C)(C)[C@@H]1C[C@H]3OC(C)=O. The molecule has 0 N–H and O–H groups in total. The Bertz CT molecular complexity index is 1190. The maximum atomic E-state index is 13.2. The molecule has 0 amide bonds. The van der Waals surface area contributed by atoms with Crippen LogP contribution in [0.3, 0.4) is 0 Å². The van der Waals surface area contributed by atoms with Crippen molar-refractivity contribution < 1.29 is 33.3 Å². The van der Waals surface area contributed by atoms with E-state index in [1.807, 2.05) is 0 Å². The number of rotatable bonds is 4. The van der Waals surface area contributed by atoms with E-state index in [1.54, 1.807) is 0 Å². The number of fused-ring (bicyclic) bond motifs is 5. The Morgan fingerprint density at radius 1 is 0.927 bits per heavy atom. The second-order valence-corrected chi connectivity index (χ2v) is 16.0. The summed E-state index contributed by atoms with van der Waals surface area (Å²) in [4.78, 5) is 37.9. The lowest BCUT2D eigenvalue weighted by molar-refractivity contribution is -0.206. The predicted octanol–water partition coefficient (Wildman–Crippen LogP) is 6.17. The summed E-state index contributed by atoms with van der Waals surface area (Å²) < 4.78 is 24.4. The van der Waals surface area contributed by atoms with Crippen molar-refractivity contribution in [2.24, 2.45) is 45.3 Å². The Kier molecular flexibility index (Phi) is 6.54. The molecule has 0 radical (unpaired) electrons. The minimum absolute atomic E-state index is 0.0141. The highest BCUT2D eigenvalue weighted by molar-refractivity contribution is 5.85. The first-order chi connectivity index (χ1) is 19.0. The van der Waals surface area contributed by atoms with Crippen molar-refractivity contribution in [1.82, 2.24) is 0 Å². The van der Waals surface area contributed by atoms with E-state index < -0.39 is 11.7 Å².